The van der Waals surface area contributed by atoms with Crippen molar-refractivity contribution in [3.63, 3.8) is 0 Å². The zero-order chi connectivity index (χ0) is 9.56. The van der Waals surface area contributed by atoms with Crippen LogP contribution in [0.2, 0.25) is 0 Å². The number of carboxylic acids is 1. The molecule has 0 radical (unpaired) electrons. The van der Waals surface area contributed by atoms with Gasteiger partial charge in [0, 0.05) is 0 Å². The topological polar surface area (TPSA) is 37.3 Å². The van der Waals surface area contributed by atoms with Crippen LogP contribution in [0.25, 0.3) is 0 Å². The summed E-state index contributed by atoms with van der Waals surface area (Å²) >= 11 is 0. The molecule has 0 aromatic rings. The zero-order valence-corrected chi connectivity index (χ0v) is 7.71. The van der Waals surface area contributed by atoms with Gasteiger partial charge >= 0.3 is 5.97 Å². The Hall–Kier alpha value is -1.05. The summed E-state index contributed by atoms with van der Waals surface area (Å²) in [5.41, 5.74) is 1.09. The molecular formula is C10H16O2. The van der Waals surface area contributed by atoms with Gasteiger partial charge in [-0.25, -0.2) is 0 Å². The van der Waals surface area contributed by atoms with Gasteiger partial charge in [0.25, 0.3) is 0 Å². The quantitative estimate of drug-likeness (QED) is 0.641. The van der Waals surface area contributed by atoms with Crippen LogP contribution < -0.4 is 0 Å². The molecule has 0 bridgehead atoms. The summed E-state index contributed by atoms with van der Waals surface area (Å²) in [7, 11) is 0. The van der Waals surface area contributed by atoms with E-state index in [4.69, 9.17) is 5.11 Å². The molecule has 1 N–H and O–H groups in total. The van der Waals surface area contributed by atoms with E-state index in [1.165, 1.54) is 0 Å². The summed E-state index contributed by atoms with van der Waals surface area (Å²) in [5.74, 6) is -0.635. The number of allylic oxidation sites excluding steroid dienone is 3. The van der Waals surface area contributed by atoms with Gasteiger partial charge in [-0.2, -0.15) is 0 Å². The first-order valence-corrected chi connectivity index (χ1v) is 4.05. The number of aliphatic carboxylic acids is 1. The van der Waals surface area contributed by atoms with Crippen molar-refractivity contribution in [1.82, 2.24) is 0 Å². The second kappa shape index (κ2) is 5.58. The molecule has 0 fully saturated rings. The van der Waals surface area contributed by atoms with Crippen LogP contribution in [0, 0.1) is 5.92 Å². The van der Waals surface area contributed by atoms with E-state index in [0.717, 1.165) is 12.0 Å². The van der Waals surface area contributed by atoms with Crippen LogP contribution in [0.3, 0.4) is 0 Å². The van der Waals surface area contributed by atoms with Crippen LogP contribution in [0.15, 0.2) is 24.3 Å². The maximum atomic E-state index is 10.3. The minimum atomic E-state index is -0.748. The van der Waals surface area contributed by atoms with Crippen LogP contribution in [-0.4, -0.2) is 11.1 Å². The molecule has 0 rings (SSSR count). The lowest BCUT2D eigenvalue weighted by Gasteiger charge is -2.00. The summed E-state index contributed by atoms with van der Waals surface area (Å²) in [6.45, 7) is 7.59. The summed E-state index contributed by atoms with van der Waals surface area (Å²) in [6.07, 6.45) is 4.93. The molecule has 0 aromatic carbocycles. The van der Waals surface area contributed by atoms with Crippen molar-refractivity contribution in [2.75, 3.05) is 0 Å². The van der Waals surface area contributed by atoms with Crippen LogP contribution >= 0.6 is 0 Å². The summed E-state index contributed by atoms with van der Waals surface area (Å²) in [6, 6.07) is 0. The third-order valence-electron chi connectivity index (χ3n) is 1.43. The molecule has 0 aliphatic heterocycles. The molecule has 0 aliphatic rings. The van der Waals surface area contributed by atoms with Crippen LogP contribution in [-0.2, 0) is 4.79 Å². The van der Waals surface area contributed by atoms with Gasteiger partial charge in [-0.15, -0.1) is 0 Å². The third kappa shape index (κ3) is 7.06. The first-order chi connectivity index (χ1) is 5.52. The van der Waals surface area contributed by atoms with E-state index in [1.54, 1.807) is 0 Å². The number of hydrogen-bond acceptors (Lipinski definition) is 1. The number of hydrogen-bond donors (Lipinski definition) is 1. The van der Waals surface area contributed by atoms with E-state index in [2.05, 4.69) is 6.58 Å². The zero-order valence-electron chi connectivity index (χ0n) is 7.71. The number of carbonyl (C=O) groups is 1. The summed E-state index contributed by atoms with van der Waals surface area (Å²) in [5, 5.41) is 8.44. The van der Waals surface area contributed by atoms with E-state index in [0.29, 0.717) is 0 Å². The Balaban J connectivity index is 3.67. The van der Waals surface area contributed by atoms with Gasteiger partial charge in [0.2, 0.25) is 0 Å². The van der Waals surface area contributed by atoms with Crippen molar-refractivity contribution in [2.45, 2.75) is 26.7 Å². The molecule has 1 unspecified atom stereocenters. The fraction of sp³-hybridized carbons (Fsp3) is 0.500. The Kier molecular flexibility index (Phi) is 5.09. The van der Waals surface area contributed by atoms with E-state index < -0.39 is 5.97 Å². The standard InChI is InChI=1S/C10H16O2/c1-8(2)5-4-6-9(3)7-10(11)12/h4,6,9H,1,5,7H2,2-3H3,(H,11,12). The minimum absolute atomic E-state index is 0.113. The van der Waals surface area contributed by atoms with E-state index >= 15 is 0 Å². The minimum Gasteiger partial charge on any atom is -0.481 e. The van der Waals surface area contributed by atoms with Crippen molar-refractivity contribution < 1.29 is 9.90 Å². The molecule has 0 saturated heterocycles. The van der Waals surface area contributed by atoms with E-state index in [-0.39, 0.29) is 12.3 Å². The Bertz CT molecular complexity index is 192. The molecule has 1 atom stereocenters. The highest BCUT2D eigenvalue weighted by molar-refractivity contribution is 5.67. The molecule has 0 aromatic heterocycles. The van der Waals surface area contributed by atoms with Gasteiger partial charge in [0.1, 0.15) is 0 Å². The lowest BCUT2D eigenvalue weighted by atomic mass is 10.1. The van der Waals surface area contributed by atoms with Crippen LogP contribution in [0.4, 0.5) is 0 Å². The van der Waals surface area contributed by atoms with Gasteiger partial charge in [-0.3, -0.25) is 4.79 Å². The highest BCUT2D eigenvalue weighted by Gasteiger charge is 2.02. The smallest absolute Gasteiger partial charge is 0.303 e. The Labute approximate surface area is 73.6 Å². The largest absolute Gasteiger partial charge is 0.481 e. The molecule has 0 amide bonds. The van der Waals surface area contributed by atoms with E-state index in [1.807, 2.05) is 26.0 Å². The molecule has 12 heavy (non-hydrogen) atoms. The molecule has 0 aliphatic carbocycles. The fourth-order valence-electron chi connectivity index (χ4n) is 0.845. The van der Waals surface area contributed by atoms with Crippen LogP contribution in [0.1, 0.15) is 26.7 Å². The first-order valence-electron chi connectivity index (χ1n) is 4.05. The molecule has 0 heterocycles. The van der Waals surface area contributed by atoms with Crippen molar-refractivity contribution in [2.24, 2.45) is 5.92 Å². The summed E-state index contributed by atoms with van der Waals surface area (Å²) < 4.78 is 0. The lowest BCUT2D eigenvalue weighted by molar-refractivity contribution is -0.137. The van der Waals surface area contributed by atoms with Gasteiger partial charge in [-0.1, -0.05) is 31.2 Å². The molecule has 0 saturated carbocycles. The Morgan fingerprint density at radius 1 is 1.67 bits per heavy atom. The van der Waals surface area contributed by atoms with Gasteiger partial charge in [0.15, 0.2) is 0 Å². The van der Waals surface area contributed by atoms with Crippen molar-refractivity contribution in [1.29, 1.82) is 0 Å². The first kappa shape index (κ1) is 11.0. The fourth-order valence-corrected chi connectivity index (χ4v) is 0.845. The third-order valence-corrected chi connectivity index (χ3v) is 1.43. The monoisotopic (exact) mass is 168 g/mol. The SMILES string of the molecule is C=C(C)CC=CC(C)CC(=O)O. The molecule has 2 nitrogen and oxygen atoms in total. The predicted octanol–water partition coefficient (Wildman–Crippen LogP) is 2.62. The van der Waals surface area contributed by atoms with Crippen molar-refractivity contribution in [3.05, 3.63) is 24.3 Å². The molecule has 0 spiro atoms. The maximum absolute atomic E-state index is 10.3. The molecular weight excluding hydrogens is 152 g/mol. The lowest BCUT2D eigenvalue weighted by Crippen LogP contribution is -2.00. The van der Waals surface area contributed by atoms with Gasteiger partial charge in [0.05, 0.1) is 6.42 Å². The average Bonchev–Trinajstić information content (AvgIpc) is 1.84. The molecule has 2 heteroatoms. The Morgan fingerprint density at radius 3 is 2.67 bits per heavy atom. The second-order valence-corrected chi connectivity index (χ2v) is 3.16. The van der Waals surface area contributed by atoms with Crippen LogP contribution in [0.5, 0.6) is 0 Å². The number of rotatable bonds is 5. The average molecular weight is 168 g/mol. The van der Waals surface area contributed by atoms with Gasteiger partial charge in [-0.05, 0) is 19.3 Å². The van der Waals surface area contributed by atoms with Crippen molar-refractivity contribution >= 4 is 5.97 Å². The maximum Gasteiger partial charge on any atom is 0.303 e. The normalized spacial score (nSPS) is 13.2. The Morgan fingerprint density at radius 2 is 2.25 bits per heavy atom. The van der Waals surface area contributed by atoms with Gasteiger partial charge < -0.3 is 5.11 Å². The molecule has 68 valence electrons. The van der Waals surface area contributed by atoms with E-state index in [9.17, 15) is 4.79 Å². The number of carboxylic acid groups (broad SMARTS) is 1. The summed E-state index contributed by atoms with van der Waals surface area (Å²) in [4.78, 5) is 10.3. The highest BCUT2D eigenvalue weighted by atomic mass is 16.4. The second-order valence-electron chi connectivity index (χ2n) is 3.16. The van der Waals surface area contributed by atoms with Crippen molar-refractivity contribution in [3.8, 4) is 0 Å². The predicted molar refractivity (Wildman–Crippen MR) is 50.0 cm³/mol. The highest BCUT2D eigenvalue weighted by Crippen LogP contribution is 2.05.